The number of nitrogens with one attached hydrogen (secondary N) is 1. The maximum absolute atomic E-state index is 12.4. The topological polar surface area (TPSA) is 45.8 Å². The summed E-state index contributed by atoms with van der Waals surface area (Å²) in [6.45, 7) is 6.26. The number of nitrogens with zero attached hydrogens (tertiary/aromatic N) is 1. The molecule has 5 heteroatoms. The SMILES string of the molecule is CC(Cl)c1nc2sc3c(c2c(=O)[nH]1)C(C)(C)CCC3. The molecule has 19 heavy (non-hydrogen) atoms. The molecule has 1 aliphatic rings. The third kappa shape index (κ3) is 2.01. The Morgan fingerprint density at radius 3 is 2.89 bits per heavy atom. The molecule has 0 saturated heterocycles. The van der Waals surface area contributed by atoms with Gasteiger partial charge < -0.3 is 4.98 Å². The highest BCUT2D eigenvalue weighted by molar-refractivity contribution is 7.18. The molecule has 2 aromatic heterocycles. The number of aromatic amines is 1. The zero-order chi connectivity index (χ0) is 13.8. The van der Waals surface area contributed by atoms with Crippen LogP contribution in [0.25, 0.3) is 10.2 Å². The van der Waals surface area contributed by atoms with Gasteiger partial charge in [0.1, 0.15) is 10.7 Å². The average Bonchev–Trinajstić information content (AvgIpc) is 2.68. The maximum atomic E-state index is 12.4. The number of thiophene rings is 1. The van der Waals surface area contributed by atoms with E-state index in [0.29, 0.717) is 5.82 Å². The highest BCUT2D eigenvalue weighted by Gasteiger charge is 2.33. The van der Waals surface area contributed by atoms with Crippen molar-refractivity contribution in [2.75, 3.05) is 0 Å². The van der Waals surface area contributed by atoms with Gasteiger partial charge in [-0.15, -0.1) is 22.9 Å². The summed E-state index contributed by atoms with van der Waals surface area (Å²) < 4.78 is 0. The quantitative estimate of drug-likeness (QED) is 0.811. The van der Waals surface area contributed by atoms with Crippen LogP contribution in [0.5, 0.6) is 0 Å². The van der Waals surface area contributed by atoms with E-state index in [2.05, 4.69) is 23.8 Å². The second-order valence-corrected chi connectivity index (χ2v) is 7.62. The highest BCUT2D eigenvalue weighted by Crippen LogP contribution is 2.43. The minimum absolute atomic E-state index is 0.0417. The zero-order valence-electron chi connectivity index (χ0n) is 11.3. The van der Waals surface area contributed by atoms with E-state index in [1.54, 1.807) is 11.3 Å². The van der Waals surface area contributed by atoms with Gasteiger partial charge in [0, 0.05) is 4.88 Å². The molecule has 2 heterocycles. The van der Waals surface area contributed by atoms with Crippen molar-refractivity contribution in [3.05, 3.63) is 26.6 Å². The molecule has 3 nitrogen and oxygen atoms in total. The standard InChI is InChI=1S/C14H17ClN2OS/c1-7(15)11-16-12(18)9-10-8(19-13(9)17-11)5-4-6-14(10,2)3/h7H,4-6H2,1-3H3,(H,16,17,18). The number of hydrogen-bond acceptors (Lipinski definition) is 3. The molecule has 2 aromatic rings. The van der Waals surface area contributed by atoms with Gasteiger partial charge in [-0.25, -0.2) is 4.98 Å². The molecular formula is C14H17ClN2OS. The molecule has 1 N–H and O–H groups in total. The summed E-state index contributed by atoms with van der Waals surface area (Å²) in [4.78, 5) is 21.9. The van der Waals surface area contributed by atoms with Crippen LogP contribution in [-0.2, 0) is 11.8 Å². The molecule has 0 amide bonds. The summed E-state index contributed by atoms with van der Waals surface area (Å²) in [7, 11) is 0. The van der Waals surface area contributed by atoms with Crippen LogP contribution in [0, 0.1) is 0 Å². The Kier molecular flexibility index (Phi) is 2.98. The highest BCUT2D eigenvalue weighted by atomic mass is 35.5. The van der Waals surface area contributed by atoms with Crippen molar-refractivity contribution >= 4 is 33.2 Å². The fourth-order valence-electron chi connectivity index (χ4n) is 2.97. The lowest BCUT2D eigenvalue weighted by molar-refractivity contribution is 0.439. The van der Waals surface area contributed by atoms with E-state index in [0.717, 1.165) is 23.1 Å². The Labute approximate surface area is 121 Å². The lowest BCUT2D eigenvalue weighted by atomic mass is 9.75. The summed E-state index contributed by atoms with van der Waals surface area (Å²) in [5, 5.41) is 0.509. The van der Waals surface area contributed by atoms with E-state index in [1.165, 1.54) is 16.9 Å². The summed E-state index contributed by atoms with van der Waals surface area (Å²) in [5.41, 5.74) is 1.23. The second kappa shape index (κ2) is 4.32. The van der Waals surface area contributed by atoms with Crippen molar-refractivity contribution in [2.24, 2.45) is 0 Å². The van der Waals surface area contributed by atoms with E-state index in [1.807, 2.05) is 6.92 Å². The van der Waals surface area contributed by atoms with E-state index >= 15 is 0 Å². The minimum Gasteiger partial charge on any atom is -0.309 e. The Hall–Kier alpha value is -0.870. The number of alkyl halides is 1. The van der Waals surface area contributed by atoms with E-state index in [-0.39, 0.29) is 16.4 Å². The molecule has 0 saturated carbocycles. The van der Waals surface area contributed by atoms with Gasteiger partial charge in [-0.2, -0.15) is 0 Å². The molecule has 0 aromatic carbocycles. The first-order chi connectivity index (χ1) is 8.90. The first kappa shape index (κ1) is 13.1. The van der Waals surface area contributed by atoms with Gasteiger partial charge in [0.15, 0.2) is 0 Å². The van der Waals surface area contributed by atoms with E-state index in [4.69, 9.17) is 11.6 Å². The maximum Gasteiger partial charge on any atom is 0.260 e. The van der Waals surface area contributed by atoms with Crippen LogP contribution in [0.15, 0.2) is 4.79 Å². The van der Waals surface area contributed by atoms with Gasteiger partial charge in [0.2, 0.25) is 0 Å². The number of rotatable bonds is 1. The van der Waals surface area contributed by atoms with E-state index < -0.39 is 0 Å². The Balaban J connectivity index is 2.36. The molecule has 1 aliphatic carbocycles. The summed E-state index contributed by atoms with van der Waals surface area (Å²) in [6, 6.07) is 0. The third-order valence-electron chi connectivity index (χ3n) is 3.91. The van der Waals surface area contributed by atoms with Crippen LogP contribution >= 0.6 is 22.9 Å². The summed E-state index contributed by atoms with van der Waals surface area (Å²) >= 11 is 7.69. The molecule has 0 radical (unpaired) electrons. The minimum atomic E-state index is -0.274. The molecule has 0 bridgehead atoms. The molecular weight excluding hydrogens is 280 g/mol. The number of aromatic nitrogens is 2. The second-order valence-electron chi connectivity index (χ2n) is 5.88. The van der Waals surface area contributed by atoms with Crippen LogP contribution in [-0.4, -0.2) is 9.97 Å². The van der Waals surface area contributed by atoms with Crippen LogP contribution in [0.2, 0.25) is 0 Å². The van der Waals surface area contributed by atoms with Gasteiger partial charge >= 0.3 is 0 Å². The molecule has 3 rings (SSSR count). The molecule has 0 aliphatic heterocycles. The Morgan fingerprint density at radius 1 is 1.47 bits per heavy atom. The number of halogens is 1. The fourth-order valence-corrected chi connectivity index (χ4v) is 4.47. The lowest BCUT2D eigenvalue weighted by Gasteiger charge is -2.30. The summed E-state index contributed by atoms with van der Waals surface area (Å²) in [6.07, 6.45) is 3.37. The molecule has 1 atom stereocenters. The van der Waals surface area contributed by atoms with Crippen molar-refractivity contribution in [1.29, 1.82) is 0 Å². The van der Waals surface area contributed by atoms with Gasteiger partial charge in [-0.3, -0.25) is 4.79 Å². The average molecular weight is 297 g/mol. The fraction of sp³-hybridized carbons (Fsp3) is 0.571. The largest absolute Gasteiger partial charge is 0.309 e. The first-order valence-electron chi connectivity index (χ1n) is 6.60. The normalized spacial score (nSPS) is 19.4. The monoisotopic (exact) mass is 296 g/mol. The lowest BCUT2D eigenvalue weighted by Crippen LogP contribution is -2.24. The van der Waals surface area contributed by atoms with Crippen LogP contribution < -0.4 is 5.56 Å². The number of fused-ring (bicyclic) bond motifs is 3. The predicted octanol–water partition coefficient (Wildman–Crippen LogP) is 3.90. The number of hydrogen-bond donors (Lipinski definition) is 1. The van der Waals surface area contributed by atoms with Gasteiger partial charge in [-0.05, 0) is 37.2 Å². The molecule has 0 spiro atoms. The van der Waals surface area contributed by atoms with E-state index in [9.17, 15) is 4.79 Å². The van der Waals surface area contributed by atoms with Crippen molar-refractivity contribution in [1.82, 2.24) is 9.97 Å². The number of H-pyrrole nitrogens is 1. The Morgan fingerprint density at radius 2 is 2.21 bits per heavy atom. The van der Waals surface area contributed by atoms with Gasteiger partial charge in [-0.1, -0.05) is 13.8 Å². The van der Waals surface area contributed by atoms with Crippen molar-refractivity contribution in [3.63, 3.8) is 0 Å². The summed E-state index contributed by atoms with van der Waals surface area (Å²) in [5.74, 6) is 0.565. The molecule has 0 fully saturated rings. The van der Waals surface area contributed by atoms with Gasteiger partial charge in [0.25, 0.3) is 5.56 Å². The molecule has 102 valence electrons. The van der Waals surface area contributed by atoms with Gasteiger partial charge in [0.05, 0.1) is 10.8 Å². The van der Waals surface area contributed by atoms with Crippen LogP contribution in [0.4, 0.5) is 0 Å². The van der Waals surface area contributed by atoms with Crippen LogP contribution in [0.3, 0.4) is 0 Å². The third-order valence-corrected chi connectivity index (χ3v) is 5.26. The first-order valence-corrected chi connectivity index (χ1v) is 7.85. The van der Waals surface area contributed by atoms with Crippen molar-refractivity contribution < 1.29 is 0 Å². The zero-order valence-corrected chi connectivity index (χ0v) is 12.9. The van der Waals surface area contributed by atoms with Crippen molar-refractivity contribution in [2.45, 2.75) is 50.8 Å². The van der Waals surface area contributed by atoms with Crippen molar-refractivity contribution in [3.8, 4) is 0 Å². The number of aryl methyl sites for hydroxylation is 1. The predicted molar refractivity (Wildman–Crippen MR) is 80.5 cm³/mol. The Bertz CT molecular complexity index is 699. The smallest absolute Gasteiger partial charge is 0.260 e. The molecule has 1 unspecified atom stereocenters. The van der Waals surface area contributed by atoms with Crippen LogP contribution in [0.1, 0.15) is 55.3 Å².